The van der Waals surface area contributed by atoms with E-state index in [1.807, 2.05) is 43.6 Å². The number of anilines is 5. The summed E-state index contributed by atoms with van der Waals surface area (Å²) in [7, 11) is -2.92. The van der Waals surface area contributed by atoms with Gasteiger partial charge in [-0.2, -0.15) is 4.98 Å². The van der Waals surface area contributed by atoms with Crippen LogP contribution in [-0.4, -0.2) is 159 Å². The highest BCUT2D eigenvalue weighted by atomic mass is 32.2. The number of aliphatic hydroxyl groups is 1. The van der Waals surface area contributed by atoms with Gasteiger partial charge in [0.25, 0.3) is 21.6 Å². The van der Waals surface area contributed by atoms with E-state index in [2.05, 4.69) is 83.7 Å². The van der Waals surface area contributed by atoms with Gasteiger partial charge >= 0.3 is 0 Å². The minimum absolute atomic E-state index is 0.110. The highest BCUT2D eigenvalue weighted by Crippen LogP contribution is 2.50. The molecule has 3 aromatic carbocycles. The standard InChI is InChI=1S/C67H85N11O10S/c1-44(2)51-9-5-6-10-52(51)59-42-73(41-46-34-60(85-4)63(70-40-46)75-29-32-86-33-30-75)27-28-76(59)49-8-7-19-67(38-49)22-25-74(26-23-67)48-11-13-53(56(36-48)77-55-18-31-87-43-61(55)88-65-58(77)35-47-17-24-68-62(47)71-65)64(79)72-89(83,84)50-12-14-54(57(37-50)78(81)82)69-39-45-15-20-66(3,80)21-16-45/h5-6,9-14,17,24,34-37,40,44-45,49,55,59,61,69,80H,7-8,15-16,18-23,25-33,38-39,41-43H2,1-4H3,(H,68,71)(H,72,79)/t45-,49-,55-,59-,61-,66-/m0/s1. The van der Waals surface area contributed by atoms with Gasteiger partial charge in [-0.05, 0) is 154 Å². The Bertz CT molecular complexity index is 3670. The molecular weight excluding hydrogens is 1150 g/mol. The molecule has 8 heterocycles. The third-order valence-electron chi connectivity index (χ3n) is 20.4. The molecule has 89 heavy (non-hydrogen) atoms. The van der Waals surface area contributed by atoms with Gasteiger partial charge in [0, 0.05) is 107 Å². The van der Waals surface area contributed by atoms with E-state index in [9.17, 15) is 28.4 Å². The van der Waals surface area contributed by atoms with Crippen molar-refractivity contribution < 1.29 is 42.2 Å². The lowest BCUT2D eigenvalue weighted by atomic mass is 9.66. The predicted octanol–water partition coefficient (Wildman–Crippen LogP) is 10.1. The molecule has 0 unspecified atom stereocenters. The molecule has 6 aromatic rings. The zero-order valence-corrected chi connectivity index (χ0v) is 52.5. The maximum atomic E-state index is 15.0. The number of carbonyl (C=O) groups excluding carboxylic acids is 1. The van der Waals surface area contributed by atoms with Gasteiger partial charge in [0.2, 0.25) is 5.88 Å². The summed E-state index contributed by atoms with van der Waals surface area (Å²) >= 11 is 0. The molecule has 4 N–H and O–H groups in total. The first-order valence-corrected chi connectivity index (χ1v) is 33.6. The summed E-state index contributed by atoms with van der Waals surface area (Å²) in [4.78, 5) is 51.7. The monoisotopic (exact) mass is 1240 g/mol. The Morgan fingerprint density at radius 3 is 2.49 bits per heavy atom. The molecule has 474 valence electrons. The number of fused-ring (bicyclic) bond motifs is 3. The van der Waals surface area contributed by atoms with Gasteiger partial charge in [-0.25, -0.2) is 18.1 Å². The number of morpholine rings is 1. The summed E-state index contributed by atoms with van der Waals surface area (Å²) in [5.74, 6) is 1.72. The molecule has 2 aliphatic carbocycles. The van der Waals surface area contributed by atoms with Crippen LogP contribution in [0.3, 0.4) is 0 Å². The summed E-state index contributed by atoms with van der Waals surface area (Å²) < 4.78 is 55.2. The number of amides is 1. The largest absolute Gasteiger partial charge is 0.493 e. The van der Waals surface area contributed by atoms with Gasteiger partial charge in [0.05, 0.1) is 59.6 Å². The minimum atomic E-state index is -4.66. The number of pyridine rings is 2. The average molecular weight is 1240 g/mol. The normalized spacial score (nSPS) is 25.1. The molecule has 21 nitrogen and oxygen atoms in total. The average Bonchev–Trinajstić information content (AvgIpc) is 1.65. The number of nitro benzene ring substituents is 1. The van der Waals surface area contributed by atoms with E-state index in [0.717, 1.165) is 132 Å². The van der Waals surface area contributed by atoms with Gasteiger partial charge < -0.3 is 49.1 Å². The number of rotatable bonds is 16. The topological polar surface area (TPSA) is 233 Å². The first-order chi connectivity index (χ1) is 43.0. The number of nitro groups is 1. The number of benzene rings is 3. The Labute approximate surface area is 521 Å². The van der Waals surface area contributed by atoms with E-state index >= 15 is 0 Å². The second-order valence-corrected chi connectivity index (χ2v) is 28.2. The predicted molar refractivity (Wildman–Crippen MR) is 342 cm³/mol. The SMILES string of the molecule is COc1cc(CN2CCN([C@H]3CCCC4(CCN(c5ccc(C(=O)NS(=O)(=O)c6ccc(NC[C@H]7CC[C@](C)(O)CC7)c([N+](=O)[O-])c6)c(N6c7cc8cc[nH]c8nc7O[C@H]7COCC[C@@H]76)c5)CC4)C3)[C@H](c3ccccc3C(C)C)C2)cnc1N1CCOCC1. The summed E-state index contributed by atoms with van der Waals surface area (Å²) in [6, 6.07) is 24.8. The molecule has 0 bridgehead atoms. The number of nitrogens with one attached hydrogen (secondary N) is 3. The third-order valence-corrected chi connectivity index (χ3v) is 21.8. The Hall–Kier alpha value is -7.08. The van der Waals surface area contributed by atoms with E-state index in [0.29, 0.717) is 87.1 Å². The molecule has 4 atom stereocenters. The number of ether oxygens (including phenoxy) is 4. The highest BCUT2D eigenvalue weighted by molar-refractivity contribution is 7.90. The number of aromatic nitrogens is 3. The van der Waals surface area contributed by atoms with Crippen molar-refractivity contribution >= 4 is 61.2 Å². The van der Waals surface area contributed by atoms with Crippen molar-refractivity contribution in [3.63, 3.8) is 0 Å². The second kappa shape index (κ2) is 25.3. The number of piperazine rings is 1. The van der Waals surface area contributed by atoms with Gasteiger partial charge in [0.1, 0.15) is 23.1 Å². The Balaban J connectivity index is 0.759. The first-order valence-electron chi connectivity index (χ1n) is 32.2. The summed E-state index contributed by atoms with van der Waals surface area (Å²) in [6.07, 6.45) is 13.3. The van der Waals surface area contributed by atoms with Crippen LogP contribution >= 0.6 is 0 Å². The summed E-state index contributed by atoms with van der Waals surface area (Å²) in [5, 5.41) is 27.0. The highest BCUT2D eigenvalue weighted by Gasteiger charge is 2.46. The molecule has 2 saturated carbocycles. The molecule has 3 aromatic heterocycles. The van der Waals surface area contributed by atoms with Crippen LogP contribution in [0.4, 0.5) is 34.3 Å². The molecule has 1 amide bonds. The maximum Gasteiger partial charge on any atom is 0.293 e. The molecule has 6 fully saturated rings. The van der Waals surface area contributed by atoms with Crippen LogP contribution in [0.1, 0.15) is 130 Å². The lowest BCUT2D eigenvalue weighted by molar-refractivity contribution is -0.384. The third kappa shape index (κ3) is 12.7. The van der Waals surface area contributed by atoms with Crippen molar-refractivity contribution in [2.75, 3.05) is 106 Å². The number of carbonyl (C=O) groups is 1. The van der Waals surface area contributed by atoms with Crippen molar-refractivity contribution in [1.29, 1.82) is 0 Å². The number of aromatic amines is 1. The van der Waals surface area contributed by atoms with Gasteiger partial charge in [0.15, 0.2) is 11.6 Å². The quantitative estimate of drug-likeness (QED) is 0.0521. The lowest BCUT2D eigenvalue weighted by Gasteiger charge is -2.53. The van der Waals surface area contributed by atoms with Crippen LogP contribution < -0.4 is 34.2 Å². The number of piperidine rings is 1. The van der Waals surface area contributed by atoms with Gasteiger partial charge in [-0.15, -0.1) is 0 Å². The Kier molecular flexibility index (Phi) is 17.3. The number of hydrogen-bond donors (Lipinski definition) is 4. The summed E-state index contributed by atoms with van der Waals surface area (Å²) in [5.41, 5.74) is 5.94. The molecule has 4 saturated heterocycles. The molecule has 5 aliphatic heterocycles. The molecule has 13 rings (SSSR count). The van der Waals surface area contributed by atoms with Crippen LogP contribution in [0.2, 0.25) is 0 Å². The smallest absolute Gasteiger partial charge is 0.293 e. The van der Waals surface area contributed by atoms with Crippen molar-refractivity contribution in [3.8, 4) is 11.6 Å². The number of H-pyrrole nitrogens is 1. The Morgan fingerprint density at radius 1 is 0.899 bits per heavy atom. The zero-order chi connectivity index (χ0) is 61.6. The van der Waals surface area contributed by atoms with Crippen LogP contribution in [0, 0.1) is 21.4 Å². The van der Waals surface area contributed by atoms with Crippen LogP contribution in [0.5, 0.6) is 11.6 Å². The van der Waals surface area contributed by atoms with E-state index < -0.39 is 43.1 Å². The van der Waals surface area contributed by atoms with Crippen molar-refractivity contribution in [2.45, 2.75) is 139 Å². The van der Waals surface area contributed by atoms with Crippen LogP contribution in [0.15, 0.2) is 96.2 Å². The maximum absolute atomic E-state index is 15.0. The number of sulfonamides is 1. The fourth-order valence-electron chi connectivity index (χ4n) is 15.5. The van der Waals surface area contributed by atoms with Gasteiger partial charge in [-0.1, -0.05) is 44.5 Å². The van der Waals surface area contributed by atoms with E-state index in [1.165, 1.54) is 29.7 Å². The lowest BCUT2D eigenvalue weighted by Crippen LogP contribution is -2.55. The molecule has 1 spiro atoms. The zero-order valence-electron chi connectivity index (χ0n) is 51.7. The molecule has 0 radical (unpaired) electrons. The fraction of sp³-hybridized carbons (Fsp3) is 0.537. The van der Waals surface area contributed by atoms with E-state index in [1.54, 1.807) is 13.2 Å². The van der Waals surface area contributed by atoms with Gasteiger partial charge in [-0.3, -0.25) is 24.7 Å². The first kappa shape index (κ1) is 60.8. The van der Waals surface area contributed by atoms with Crippen LogP contribution in [0.25, 0.3) is 11.0 Å². The Morgan fingerprint density at radius 2 is 1.71 bits per heavy atom. The molecule has 7 aliphatic rings. The number of nitrogens with zero attached hydrogens (tertiary/aromatic N) is 8. The van der Waals surface area contributed by atoms with E-state index in [4.69, 9.17) is 28.9 Å². The molecular formula is C67H85N11O10S. The molecule has 22 heteroatoms. The van der Waals surface area contributed by atoms with Crippen molar-refractivity contribution in [2.24, 2.45) is 11.3 Å². The number of hydrogen-bond acceptors (Lipinski definition) is 18. The number of methoxy groups -OCH3 is 1. The van der Waals surface area contributed by atoms with Crippen molar-refractivity contribution in [1.82, 2.24) is 29.5 Å². The van der Waals surface area contributed by atoms with Crippen molar-refractivity contribution in [3.05, 3.63) is 124 Å². The second-order valence-electron chi connectivity index (χ2n) is 26.6. The van der Waals surface area contributed by atoms with Crippen LogP contribution in [-0.2, 0) is 26.0 Å². The minimum Gasteiger partial charge on any atom is -0.493 e. The summed E-state index contributed by atoms with van der Waals surface area (Å²) in [6.45, 7) is 15.8. The fourth-order valence-corrected chi connectivity index (χ4v) is 16.4. The van der Waals surface area contributed by atoms with E-state index in [-0.39, 0.29) is 34.7 Å².